The Bertz CT molecular complexity index is 65.5. The zero-order valence-electron chi connectivity index (χ0n) is 3.90. The van der Waals surface area contributed by atoms with Crippen LogP contribution in [0.15, 0.2) is 0 Å². The van der Waals surface area contributed by atoms with Gasteiger partial charge in [-0.05, 0) is 0 Å². The van der Waals surface area contributed by atoms with Gasteiger partial charge in [-0.1, -0.05) is 23.2 Å². The van der Waals surface area contributed by atoms with Crippen molar-refractivity contribution in [1.29, 1.82) is 0 Å². The van der Waals surface area contributed by atoms with Crippen molar-refractivity contribution in [2.75, 3.05) is 12.7 Å². The first kappa shape index (κ1) is 8.79. The average Bonchev–Trinajstić information content (AvgIpc) is 1.67. The third kappa shape index (κ3) is 3.75. The van der Waals surface area contributed by atoms with Gasteiger partial charge in [0.15, 0.2) is 0 Å². The number of alkyl halides is 3. The van der Waals surface area contributed by atoms with Crippen LogP contribution in [-0.4, -0.2) is 22.3 Å². The lowest BCUT2D eigenvalue weighted by Crippen LogP contribution is -2.20. The molecule has 5 heteroatoms. The Morgan fingerprint density at radius 3 is 2.12 bits per heavy atom. The minimum atomic E-state index is -1.45. The highest BCUT2D eigenvalue weighted by atomic mass is 35.5. The van der Waals surface area contributed by atoms with Crippen molar-refractivity contribution in [3.05, 3.63) is 0 Å². The molecule has 0 radical (unpaired) electrons. The molecule has 0 amide bonds. The van der Waals surface area contributed by atoms with Crippen molar-refractivity contribution < 1.29 is 9.84 Å². The summed E-state index contributed by atoms with van der Waals surface area (Å²) < 4.78 is 2.88. The molecule has 1 N–H and O–H groups in total. The molecule has 0 aromatic heterocycles. The second-order valence-electron chi connectivity index (χ2n) is 1.04. The smallest absolute Gasteiger partial charge is 0.233 e. The highest BCUT2D eigenvalue weighted by molar-refractivity contribution is 6.50. The molecule has 0 saturated heterocycles. The van der Waals surface area contributed by atoms with Crippen LogP contribution in [0.1, 0.15) is 0 Å². The lowest BCUT2D eigenvalue weighted by molar-refractivity contribution is -0.0272. The van der Waals surface area contributed by atoms with Gasteiger partial charge in [-0.2, -0.15) is 0 Å². The Labute approximate surface area is 62.3 Å². The number of rotatable bonds is 3. The Morgan fingerprint density at radius 1 is 1.50 bits per heavy atom. The molecular formula is C3H5Cl3O2. The van der Waals surface area contributed by atoms with Crippen molar-refractivity contribution in [2.45, 2.75) is 4.52 Å². The normalized spacial score (nSPS) is 12.0. The lowest BCUT2D eigenvalue weighted by atomic mass is 10.8. The molecule has 0 aliphatic heterocycles. The van der Waals surface area contributed by atoms with Crippen LogP contribution in [0, 0.1) is 0 Å². The predicted molar refractivity (Wildman–Crippen MR) is 33.3 cm³/mol. The summed E-state index contributed by atoms with van der Waals surface area (Å²) in [6.45, 7) is -0.528. The van der Waals surface area contributed by atoms with Gasteiger partial charge in [-0.25, -0.2) is 0 Å². The number of hydrogen-bond acceptors (Lipinski definition) is 2. The van der Waals surface area contributed by atoms with Crippen LogP contribution >= 0.6 is 34.8 Å². The summed E-state index contributed by atoms with van der Waals surface area (Å²) in [6.07, 6.45) is 0. The summed E-state index contributed by atoms with van der Waals surface area (Å²) in [6, 6.07) is 0. The number of aliphatic hydroxyl groups is 1. The van der Waals surface area contributed by atoms with Gasteiger partial charge in [0.1, 0.15) is 6.79 Å². The Balaban J connectivity index is 3.37. The maximum atomic E-state index is 8.08. The molecule has 0 aromatic rings. The molecule has 0 rings (SSSR count). The summed E-state index contributed by atoms with van der Waals surface area (Å²) in [5, 5.41) is 8.08. The second kappa shape index (κ2) is 3.75. The molecule has 2 nitrogen and oxygen atoms in total. The first-order valence-electron chi connectivity index (χ1n) is 1.81. The number of hydrogen-bond donors (Lipinski definition) is 1. The van der Waals surface area contributed by atoms with E-state index in [1.807, 2.05) is 0 Å². The predicted octanol–water partition coefficient (Wildman–Crippen LogP) is 1.32. The molecule has 0 aliphatic carbocycles. The lowest BCUT2D eigenvalue weighted by Gasteiger charge is -2.13. The van der Waals surface area contributed by atoms with E-state index in [-0.39, 0.29) is 5.88 Å². The maximum Gasteiger partial charge on any atom is 0.233 e. The third-order valence-electron chi connectivity index (χ3n) is 0.431. The van der Waals surface area contributed by atoms with E-state index >= 15 is 0 Å². The molecule has 0 aliphatic rings. The maximum absolute atomic E-state index is 8.08. The fraction of sp³-hybridized carbons (Fsp3) is 1.00. The number of aliphatic hydroxyl groups excluding tert-OH is 1. The summed E-state index contributed by atoms with van der Waals surface area (Å²) >= 11 is 15.7. The van der Waals surface area contributed by atoms with E-state index in [2.05, 4.69) is 4.74 Å². The van der Waals surface area contributed by atoms with Crippen LogP contribution in [-0.2, 0) is 4.74 Å². The molecule has 0 heterocycles. The third-order valence-corrected chi connectivity index (χ3v) is 1.57. The van der Waals surface area contributed by atoms with E-state index in [4.69, 9.17) is 39.9 Å². The molecule has 0 bridgehead atoms. The van der Waals surface area contributed by atoms with Crippen LogP contribution in [0.5, 0.6) is 0 Å². The van der Waals surface area contributed by atoms with Crippen LogP contribution in [0.2, 0.25) is 0 Å². The topological polar surface area (TPSA) is 29.5 Å². The van der Waals surface area contributed by atoms with E-state index in [1.54, 1.807) is 0 Å². The van der Waals surface area contributed by atoms with Crippen molar-refractivity contribution in [2.24, 2.45) is 0 Å². The molecule has 0 aromatic carbocycles. The molecular weight excluding hydrogens is 174 g/mol. The van der Waals surface area contributed by atoms with E-state index in [0.717, 1.165) is 0 Å². The van der Waals surface area contributed by atoms with Crippen molar-refractivity contribution in [3.8, 4) is 0 Å². The number of halogens is 3. The summed E-state index contributed by atoms with van der Waals surface area (Å²) in [5.74, 6) is -0.0727. The molecule has 0 unspecified atom stereocenters. The van der Waals surface area contributed by atoms with Crippen molar-refractivity contribution in [1.82, 2.24) is 0 Å². The monoisotopic (exact) mass is 178 g/mol. The zero-order chi connectivity index (χ0) is 6.62. The summed E-state index contributed by atoms with van der Waals surface area (Å²) in [7, 11) is 0. The van der Waals surface area contributed by atoms with Gasteiger partial charge in [0.25, 0.3) is 0 Å². The molecule has 0 atom stereocenters. The van der Waals surface area contributed by atoms with Gasteiger partial charge in [-0.3, -0.25) is 0 Å². The summed E-state index contributed by atoms with van der Waals surface area (Å²) in [5.41, 5.74) is 0. The van der Waals surface area contributed by atoms with E-state index in [0.29, 0.717) is 0 Å². The highest BCUT2D eigenvalue weighted by Crippen LogP contribution is 2.22. The Morgan fingerprint density at radius 2 is 2.00 bits per heavy atom. The second-order valence-corrected chi connectivity index (χ2v) is 2.73. The van der Waals surface area contributed by atoms with Crippen molar-refractivity contribution in [3.63, 3.8) is 0 Å². The molecule has 8 heavy (non-hydrogen) atoms. The zero-order valence-corrected chi connectivity index (χ0v) is 6.17. The van der Waals surface area contributed by atoms with Crippen LogP contribution in [0.4, 0.5) is 0 Å². The average molecular weight is 179 g/mol. The van der Waals surface area contributed by atoms with Gasteiger partial charge >= 0.3 is 0 Å². The Kier molecular flexibility index (Phi) is 4.12. The van der Waals surface area contributed by atoms with Gasteiger partial charge in [0, 0.05) is 0 Å². The Hall–Kier alpha value is 0.790. The van der Waals surface area contributed by atoms with Gasteiger partial charge in [0.2, 0.25) is 4.52 Å². The standard InChI is InChI=1S/C3H5Cl3O2/c4-1-3(5,6)8-2-7/h7H,1-2H2. The fourth-order valence-corrected chi connectivity index (χ4v) is 0.308. The first-order chi connectivity index (χ1) is 3.62. The van der Waals surface area contributed by atoms with Crippen molar-refractivity contribution >= 4 is 34.8 Å². The molecule has 0 saturated carbocycles. The molecule has 0 fully saturated rings. The largest absolute Gasteiger partial charge is 0.371 e. The molecule has 50 valence electrons. The fourth-order valence-electron chi connectivity index (χ4n) is 0.133. The van der Waals surface area contributed by atoms with Gasteiger partial charge < -0.3 is 9.84 Å². The van der Waals surface area contributed by atoms with E-state index in [9.17, 15) is 0 Å². The van der Waals surface area contributed by atoms with Crippen LogP contribution < -0.4 is 0 Å². The minimum absolute atomic E-state index is 0.0727. The quantitative estimate of drug-likeness (QED) is 0.523. The van der Waals surface area contributed by atoms with E-state index in [1.165, 1.54) is 0 Å². The SMILES string of the molecule is OCOC(Cl)(Cl)CCl. The van der Waals surface area contributed by atoms with Gasteiger partial charge in [0.05, 0.1) is 5.88 Å². The minimum Gasteiger partial charge on any atom is -0.371 e. The van der Waals surface area contributed by atoms with E-state index < -0.39 is 11.3 Å². The molecule has 0 spiro atoms. The van der Waals surface area contributed by atoms with Crippen LogP contribution in [0.25, 0.3) is 0 Å². The summed E-state index contributed by atoms with van der Waals surface area (Å²) in [4.78, 5) is 0. The highest BCUT2D eigenvalue weighted by Gasteiger charge is 2.22. The first-order valence-corrected chi connectivity index (χ1v) is 3.10. The van der Waals surface area contributed by atoms with Crippen LogP contribution in [0.3, 0.4) is 0 Å². The van der Waals surface area contributed by atoms with Gasteiger partial charge in [-0.15, -0.1) is 11.6 Å². The number of ether oxygens (including phenoxy) is 1.